The molecule has 20 heavy (non-hydrogen) atoms. The summed E-state index contributed by atoms with van der Waals surface area (Å²) < 4.78 is 29.8. The van der Waals surface area contributed by atoms with E-state index in [1.54, 1.807) is 31.3 Å². The van der Waals surface area contributed by atoms with E-state index >= 15 is 0 Å². The monoisotopic (exact) mass is 301 g/mol. The normalized spacial score (nSPS) is 10.9. The molecule has 0 atom stereocenters. The number of rotatable bonds is 8. The van der Waals surface area contributed by atoms with Crippen molar-refractivity contribution in [2.75, 3.05) is 37.7 Å². The maximum absolute atomic E-state index is 11.1. The van der Waals surface area contributed by atoms with Crippen LogP contribution in [-0.4, -0.2) is 47.3 Å². The molecule has 1 aromatic carbocycles. The van der Waals surface area contributed by atoms with Crippen LogP contribution < -0.4 is 20.1 Å². The van der Waals surface area contributed by atoms with E-state index < -0.39 is 10.0 Å². The first-order valence-electron chi connectivity index (χ1n) is 6.02. The van der Waals surface area contributed by atoms with Crippen LogP contribution >= 0.6 is 0 Å². The number of ether oxygens (including phenoxy) is 1. The molecule has 0 heterocycles. The van der Waals surface area contributed by atoms with Gasteiger partial charge in [0.15, 0.2) is 0 Å². The first-order chi connectivity index (χ1) is 9.40. The molecule has 0 bridgehead atoms. The molecule has 112 valence electrons. The zero-order valence-electron chi connectivity index (χ0n) is 11.5. The minimum Gasteiger partial charge on any atom is -0.492 e. The first kappa shape index (κ1) is 16.3. The van der Waals surface area contributed by atoms with E-state index in [0.29, 0.717) is 24.6 Å². The summed E-state index contributed by atoms with van der Waals surface area (Å²) in [7, 11) is -1.57. The van der Waals surface area contributed by atoms with Gasteiger partial charge < -0.3 is 15.4 Å². The maximum Gasteiger partial charge on any atom is 0.234 e. The zero-order chi connectivity index (χ0) is 15.0. The molecule has 7 nitrogen and oxygen atoms in total. The van der Waals surface area contributed by atoms with E-state index in [-0.39, 0.29) is 12.5 Å². The Bertz CT molecular complexity index is 528. The van der Waals surface area contributed by atoms with E-state index in [1.807, 2.05) is 0 Å². The molecule has 0 spiro atoms. The van der Waals surface area contributed by atoms with E-state index in [0.717, 1.165) is 6.26 Å². The number of nitrogens with one attached hydrogen (secondary N) is 3. The third kappa shape index (κ3) is 6.95. The summed E-state index contributed by atoms with van der Waals surface area (Å²) >= 11 is 0. The van der Waals surface area contributed by atoms with Crippen LogP contribution in [0, 0.1) is 0 Å². The van der Waals surface area contributed by atoms with Crippen LogP contribution in [0.5, 0.6) is 5.75 Å². The number of benzene rings is 1. The summed E-state index contributed by atoms with van der Waals surface area (Å²) in [5, 5.41) is 5.42. The molecule has 1 aromatic rings. The Hall–Kier alpha value is -1.80. The second-order valence-electron chi connectivity index (χ2n) is 4.13. The lowest BCUT2D eigenvalue weighted by Crippen LogP contribution is -2.34. The molecule has 0 saturated heterocycles. The summed E-state index contributed by atoms with van der Waals surface area (Å²) in [6, 6.07) is 6.53. The smallest absolute Gasteiger partial charge is 0.234 e. The van der Waals surface area contributed by atoms with Gasteiger partial charge in [-0.15, -0.1) is 0 Å². The number of sulfonamides is 1. The average Bonchev–Trinajstić information content (AvgIpc) is 2.35. The first-order valence-corrected chi connectivity index (χ1v) is 7.92. The predicted octanol–water partition coefficient (Wildman–Crippen LogP) is -0.227. The van der Waals surface area contributed by atoms with Gasteiger partial charge in [-0.1, -0.05) is 0 Å². The van der Waals surface area contributed by atoms with Crippen molar-refractivity contribution in [3.63, 3.8) is 0 Å². The molecule has 0 aliphatic heterocycles. The van der Waals surface area contributed by atoms with Crippen LogP contribution in [0.15, 0.2) is 24.3 Å². The van der Waals surface area contributed by atoms with Crippen molar-refractivity contribution in [3.8, 4) is 5.75 Å². The number of carbonyl (C=O) groups is 1. The fourth-order valence-electron chi connectivity index (χ4n) is 1.42. The number of hydrogen-bond donors (Lipinski definition) is 3. The van der Waals surface area contributed by atoms with Crippen LogP contribution in [0.2, 0.25) is 0 Å². The van der Waals surface area contributed by atoms with Crippen molar-refractivity contribution in [1.29, 1.82) is 0 Å². The van der Waals surface area contributed by atoms with Gasteiger partial charge in [0.2, 0.25) is 15.9 Å². The Morgan fingerprint density at radius 3 is 2.45 bits per heavy atom. The quantitative estimate of drug-likeness (QED) is 0.577. The second kappa shape index (κ2) is 7.71. The third-order valence-corrected chi connectivity index (χ3v) is 2.79. The number of carbonyl (C=O) groups excluding carboxylic acids is 1. The molecule has 0 aliphatic rings. The number of amides is 1. The van der Waals surface area contributed by atoms with E-state index in [1.165, 1.54) is 0 Å². The molecule has 0 aliphatic carbocycles. The fraction of sp³-hybridized carbons (Fsp3) is 0.417. The standard InChI is InChI=1S/C12H19N3O4S/c1-13-9-12(16)14-7-8-19-11-5-3-10(4-6-11)15-20(2,17)18/h3-6,13,15H,7-9H2,1-2H3,(H,14,16). The molecule has 3 N–H and O–H groups in total. The number of likely N-dealkylation sites (N-methyl/N-ethyl adjacent to an activating group) is 1. The minimum absolute atomic E-state index is 0.0937. The number of hydrogen-bond acceptors (Lipinski definition) is 5. The van der Waals surface area contributed by atoms with Crippen LogP contribution in [0.1, 0.15) is 0 Å². The largest absolute Gasteiger partial charge is 0.492 e. The van der Waals surface area contributed by atoms with Crippen LogP contribution in [-0.2, 0) is 14.8 Å². The molecule has 0 radical (unpaired) electrons. The van der Waals surface area contributed by atoms with Crippen LogP contribution in [0.4, 0.5) is 5.69 Å². The molecular formula is C12H19N3O4S. The zero-order valence-corrected chi connectivity index (χ0v) is 12.3. The molecular weight excluding hydrogens is 282 g/mol. The van der Waals surface area contributed by atoms with Gasteiger partial charge in [0.05, 0.1) is 19.3 Å². The summed E-state index contributed by atoms with van der Waals surface area (Å²) in [4.78, 5) is 11.1. The Labute approximate surface area is 118 Å². The molecule has 1 amide bonds. The van der Waals surface area contributed by atoms with Gasteiger partial charge in [0, 0.05) is 5.69 Å². The Kier molecular flexibility index (Phi) is 6.26. The van der Waals surface area contributed by atoms with Gasteiger partial charge in [-0.3, -0.25) is 9.52 Å². The van der Waals surface area contributed by atoms with E-state index in [4.69, 9.17) is 4.74 Å². The van der Waals surface area contributed by atoms with Crippen molar-refractivity contribution < 1.29 is 17.9 Å². The highest BCUT2D eigenvalue weighted by Gasteiger charge is 2.02. The highest BCUT2D eigenvalue weighted by atomic mass is 32.2. The Morgan fingerprint density at radius 1 is 1.25 bits per heavy atom. The molecule has 0 fully saturated rings. The Morgan fingerprint density at radius 2 is 1.90 bits per heavy atom. The van der Waals surface area contributed by atoms with Gasteiger partial charge in [-0.2, -0.15) is 0 Å². The lowest BCUT2D eigenvalue weighted by atomic mass is 10.3. The summed E-state index contributed by atoms with van der Waals surface area (Å²) in [6.07, 6.45) is 1.09. The van der Waals surface area contributed by atoms with E-state index in [9.17, 15) is 13.2 Å². The topological polar surface area (TPSA) is 96.5 Å². The Balaban J connectivity index is 2.33. The van der Waals surface area contributed by atoms with Gasteiger partial charge >= 0.3 is 0 Å². The lowest BCUT2D eigenvalue weighted by molar-refractivity contribution is -0.120. The molecule has 1 rings (SSSR count). The molecule has 8 heteroatoms. The molecule has 0 aromatic heterocycles. The highest BCUT2D eigenvalue weighted by molar-refractivity contribution is 7.92. The van der Waals surface area contributed by atoms with Crippen molar-refractivity contribution >= 4 is 21.6 Å². The van der Waals surface area contributed by atoms with Crippen molar-refractivity contribution in [2.24, 2.45) is 0 Å². The van der Waals surface area contributed by atoms with Crippen molar-refractivity contribution in [1.82, 2.24) is 10.6 Å². The van der Waals surface area contributed by atoms with Crippen LogP contribution in [0.25, 0.3) is 0 Å². The molecule has 0 unspecified atom stereocenters. The second-order valence-corrected chi connectivity index (χ2v) is 5.88. The van der Waals surface area contributed by atoms with Crippen LogP contribution in [0.3, 0.4) is 0 Å². The average molecular weight is 301 g/mol. The van der Waals surface area contributed by atoms with Gasteiger partial charge in [-0.05, 0) is 31.3 Å². The van der Waals surface area contributed by atoms with Crippen molar-refractivity contribution in [2.45, 2.75) is 0 Å². The third-order valence-electron chi connectivity index (χ3n) is 2.19. The number of anilines is 1. The minimum atomic E-state index is -3.27. The highest BCUT2D eigenvalue weighted by Crippen LogP contribution is 2.16. The summed E-state index contributed by atoms with van der Waals surface area (Å²) in [5.74, 6) is 0.510. The fourth-order valence-corrected chi connectivity index (χ4v) is 1.98. The van der Waals surface area contributed by atoms with Crippen molar-refractivity contribution in [3.05, 3.63) is 24.3 Å². The van der Waals surface area contributed by atoms with Gasteiger partial charge in [0.25, 0.3) is 0 Å². The lowest BCUT2D eigenvalue weighted by Gasteiger charge is -2.09. The molecule has 0 saturated carbocycles. The van der Waals surface area contributed by atoms with Gasteiger partial charge in [0.1, 0.15) is 12.4 Å². The van der Waals surface area contributed by atoms with E-state index in [2.05, 4.69) is 15.4 Å². The SMILES string of the molecule is CNCC(=O)NCCOc1ccc(NS(C)(=O)=O)cc1. The summed E-state index contributed by atoms with van der Waals surface area (Å²) in [5.41, 5.74) is 0.474. The summed E-state index contributed by atoms with van der Waals surface area (Å²) in [6.45, 7) is 1.02. The predicted molar refractivity (Wildman–Crippen MR) is 77.3 cm³/mol. The van der Waals surface area contributed by atoms with Gasteiger partial charge in [-0.25, -0.2) is 8.42 Å². The maximum atomic E-state index is 11.1.